The number of carbonyl (C=O) groups is 1. The molecule has 31 heavy (non-hydrogen) atoms. The summed E-state index contributed by atoms with van der Waals surface area (Å²) in [5.41, 5.74) is 1.40. The lowest BCUT2D eigenvalue weighted by Crippen LogP contribution is -2.27. The maximum atomic E-state index is 12.4. The quantitative estimate of drug-likeness (QED) is 0.569. The van der Waals surface area contributed by atoms with Crippen LogP contribution in [0.4, 0.5) is 13.2 Å². The highest BCUT2D eigenvalue weighted by Gasteiger charge is 2.36. The van der Waals surface area contributed by atoms with Crippen molar-refractivity contribution in [3.05, 3.63) is 60.0 Å². The number of ether oxygens (including phenoxy) is 2. The number of carbonyl (C=O) groups excluding carboxylic acids is 1. The van der Waals surface area contributed by atoms with E-state index in [4.69, 9.17) is 9.26 Å². The number of hydrogen-bond donors (Lipinski definition) is 0. The zero-order chi connectivity index (χ0) is 22.0. The van der Waals surface area contributed by atoms with Gasteiger partial charge in [0.25, 0.3) is 0 Å². The van der Waals surface area contributed by atoms with Gasteiger partial charge in [0, 0.05) is 18.5 Å². The summed E-state index contributed by atoms with van der Waals surface area (Å²) < 4.78 is 51.4. The molecule has 2 aromatic carbocycles. The topological polar surface area (TPSA) is 77.7 Å². The van der Waals surface area contributed by atoms with Crippen LogP contribution in [0.1, 0.15) is 30.3 Å². The average molecular weight is 433 g/mol. The number of hydrogen-bond acceptors (Lipinski definition) is 6. The van der Waals surface area contributed by atoms with Gasteiger partial charge in [0.1, 0.15) is 17.5 Å². The van der Waals surface area contributed by atoms with Crippen LogP contribution in [-0.4, -0.2) is 34.4 Å². The fraction of sp³-hybridized carbons (Fsp3) is 0.286. The first-order valence-corrected chi connectivity index (χ1v) is 9.44. The van der Waals surface area contributed by atoms with E-state index in [1.165, 1.54) is 24.3 Å². The molecule has 4 rings (SSSR count). The minimum atomic E-state index is -4.75. The van der Waals surface area contributed by atoms with E-state index in [2.05, 4.69) is 14.9 Å². The summed E-state index contributed by atoms with van der Waals surface area (Å²) in [4.78, 5) is 18.4. The van der Waals surface area contributed by atoms with Gasteiger partial charge in [0.2, 0.25) is 17.6 Å². The summed E-state index contributed by atoms with van der Waals surface area (Å²) in [6.07, 6.45) is -3.92. The van der Waals surface area contributed by atoms with Crippen LogP contribution in [0.2, 0.25) is 0 Å². The van der Waals surface area contributed by atoms with Crippen molar-refractivity contribution in [2.24, 2.45) is 0 Å². The molecule has 0 radical (unpaired) electrons. The van der Waals surface area contributed by atoms with Crippen molar-refractivity contribution in [3.63, 3.8) is 0 Å². The molecule has 0 aliphatic carbocycles. The lowest BCUT2D eigenvalue weighted by atomic mass is 10.1. The number of nitrogens with zero attached hydrogens (tertiary/aromatic N) is 3. The Hall–Kier alpha value is -3.56. The molecule has 0 N–H and O–H groups in total. The maximum absolute atomic E-state index is 12.4. The van der Waals surface area contributed by atoms with E-state index in [9.17, 15) is 18.0 Å². The SMILES string of the molecule is COc1ccc(-c2noc(C3CCC(=O)N3Cc3ccc(OC(F)(F)F)cc3)n2)cc1. The molecule has 10 heteroatoms. The molecule has 0 bridgehead atoms. The van der Waals surface area contributed by atoms with Gasteiger partial charge < -0.3 is 18.9 Å². The Balaban J connectivity index is 1.49. The molecule has 1 aliphatic heterocycles. The number of alkyl halides is 3. The zero-order valence-corrected chi connectivity index (χ0v) is 16.4. The van der Waals surface area contributed by atoms with Crippen molar-refractivity contribution >= 4 is 5.91 Å². The average Bonchev–Trinajstić information content (AvgIpc) is 3.36. The van der Waals surface area contributed by atoms with E-state index in [0.29, 0.717) is 35.9 Å². The van der Waals surface area contributed by atoms with Crippen LogP contribution in [0.25, 0.3) is 11.4 Å². The lowest BCUT2D eigenvalue weighted by molar-refractivity contribution is -0.274. The van der Waals surface area contributed by atoms with Crippen molar-refractivity contribution in [3.8, 4) is 22.9 Å². The highest BCUT2D eigenvalue weighted by Crippen LogP contribution is 2.34. The second-order valence-electron chi connectivity index (χ2n) is 6.95. The van der Waals surface area contributed by atoms with Gasteiger partial charge in [-0.15, -0.1) is 13.2 Å². The summed E-state index contributed by atoms with van der Waals surface area (Å²) in [6, 6.07) is 12.2. The van der Waals surface area contributed by atoms with E-state index in [-0.39, 0.29) is 18.2 Å². The van der Waals surface area contributed by atoms with Crippen molar-refractivity contribution < 1.29 is 32.0 Å². The molecule has 1 atom stereocenters. The Bertz CT molecular complexity index is 1050. The van der Waals surface area contributed by atoms with Gasteiger partial charge >= 0.3 is 6.36 Å². The third-order valence-corrected chi connectivity index (χ3v) is 4.91. The van der Waals surface area contributed by atoms with E-state index < -0.39 is 12.4 Å². The molecule has 162 valence electrons. The first-order chi connectivity index (χ1) is 14.8. The Labute approximate surface area is 175 Å². The van der Waals surface area contributed by atoms with Crippen molar-refractivity contribution in [2.75, 3.05) is 7.11 Å². The molecule has 1 aliphatic rings. The molecular weight excluding hydrogens is 415 g/mol. The summed E-state index contributed by atoms with van der Waals surface area (Å²) in [5.74, 6) is 0.998. The first kappa shape index (κ1) is 20.7. The standard InChI is InChI=1S/C21H18F3N3O4/c1-29-15-8-4-14(5-9-15)19-25-20(31-26-19)17-10-11-18(28)27(17)12-13-2-6-16(7-3-13)30-21(22,23)24/h2-9,17H,10-12H2,1H3. The predicted octanol–water partition coefficient (Wildman–Crippen LogP) is 4.51. The number of benzene rings is 2. The van der Waals surface area contributed by atoms with Crippen LogP contribution in [-0.2, 0) is 11.3 Å². The summed E-state index contributed by atoms with van der Waals surface area (Å²) in [6.45, 7) is 0.204. The molecule has 7 nitrogen and oxygen atoms in total. The number of rotatable bonds is 6. The third-order valence-electron chi connectivity index (χ3n) is 4.91. The van der Waals surface area contributed by atoms with Crippen LogP contribution in [0.15, 0.2) is 53.1 Å². The largest absolute Gasteiger partial charge is 0.573 e. The summed E-state index contributed by atoms with van der Waals surface area (Å²) in [7, 11) is 1.57. The van der Waals surface area contributed by atoms with Gasteiger partial charge in [0.05, 0.1) is 7.11 Å². The number of methoxy groups -OCH3 is 1. The van der Waals surface area contributed by atoms with Crippen LogP contribution < -0.4 is 9.47 Å². The maximum Gasteiger partial charge on any atom is 0.573 e. The Morgan fingerprint density at radius 2 is 1.77 bits per heavy atom. The fourth-order valence-corrected chi connectivity index (χ4v) is 3.41. The molecule has 0 spiro atoms. The van der Waals surface area contributed by atoms with Crippen molar-refractivity contribution in [1.29, 1.82) is 0 Å². The molecule has 1 fully saturated rings. The molecule has 3 aromatic rings. The lowest BCUT2D eigenvalue weighted by Gasteiger charge is -2.22. The monoisotopic (exact) mass is 433 g/mol. The number of likely N-dealkylation sites (tertiary alicyclic amines) is 1. The van der Waals surface area contributed by atoms with Gasteiger partial charge in [-0.1, -0.05) is 17.3 Å². The van der Waals surface area contributed by atoms with E-state index in [1.54, 1.807) is 36.3 Å². The molecule has 1 unspecified atom stereocenters. The van der Waals surface area contributed by atoms with E-state index in [1.807, 2.05) is 0 Å². The van der Waals surface area contributed by atoms with Crippen LogP contribution >= 0.6 is 0 Å². The van der Waals surface area contributed by atoms with Gasteiger partial charge in [0.15, 0.2) is 0 Å². The third kappa shape index (κ3) is 4.79. The van der Waals surface area contributed by atoms with Gasteiger partial charge in [-0.05, 0) is 48.4 Å². The molecule has 1 aromatic heterocycles. The molecule has 1 saturated heterocycles. The first-order valence-electron chi connectivity index (χ1n) is 9.44. The minimum Gasteiger partial charge on any atom is -0.497 e. The predicted molar refractivity (Wildman–Crippen MR) is 102 cm³/mol. The Morgan fingerprint density at radius 1 is 1.10 bits per heavy atom. The highest BCUT2D eigenvalue weighted by atomic mass is 19.4. The van der Waals surface area contributed by atoms with Gasteiger partial charge in [-0.2, -0.15) is 4.98 Å². The summed E-state index contributed by atoms with van der Waals surface area (Å²) in [5, 5.41) is 4.01. The van der Waals surface area contributed by atoms with Gasteiger partial charge in [-0.25, -0.2) is 0 Å². The molecule has 2 heterocycles. The summed E-state index contributed by atoms with van der Waals surface area (Å²) >= 11 is 0. The Morgan fingerprint density at radius 3 is 2.42 bits per heavy atom. The van der Waals surface area contributed by atoms with Crippen molar-refractivity contribution in [1.82, 2.24) is 15.0 Å². The molecule has 0 saturated carbocycles. The van der Waals surface area contributed by atoms with E-state index >= 15 is 0 Å². The van der Waals surface area contributed by atoms with E-state index in [0.717, 1.165) is 5.56 Å². The Kier molecular flexibility index (Phi) is 5.53. The number of halogens is 3. The van der Waals surface area contributed by atoms with Crippen LogP contribution in [0.3, 0.4) is 0 Å². The van der Waals surface area contributed by atoms with Crippen LogP contribution in [0.5, 0.6) is 11.5 Å². The minimum absolute atomic E-state index is 0.0928. The molecular formula is C21H18F3N3O4. The van der Waals surface area contributed by atoms with Crippen molar-refractivity contribution in [2.45, 2.75) is 31.8 Å². The number of amides is 1. The molecule has 1 amide bonds. The normalized spacial score (nSPS) is 16.6. The van der Waals surface area contributed by atoms with Crippen LogP contribution in [0, 0.1) is 0 Å². The smallest absolute Gasteiger partial charge is 0.497 e. The van der Waals surface area contributed by atoms with Gasteiger partial charge in [-0.3, -0.25) is 4.79 Å². The zero-order valence-electron chi connectivity index (χ0n) is 16.4. The number of aromatic nitrogens is 2. The second-order valence-corrected chi connectivity index (χ2v) is 6.95. The second kappa shape index (κ2) is 8.29. The highest BCUT2D eigenvalue weighted by molar-refractivity contribution is 5.78. The fourth-order valence-electron chi connectivity index (χ4n) is 3.41.